The predicted molar refractivity (Wildman–Crippen MR) is 74.2 cm³/mol. The van der Waals surface area contributed by atoms with Crippen molar-refractivity contribution in [3.8, 4) is 0 Å². The second kappa shape index (κ2) is 6.10. The van der Waals surface area contributed by atoms with Gasteiger partial charge in [0.2, 0.25) is 0 Å². The van der Waals surface area contributed by atoms with Gasteiger partial charge in [-0.3, -0.25) is 16.3 Å². The van der Waals surface area contributed by atoms with Gasteiger partial charge in [0.1, 0.15) is 5.82 Å². The molecule has 0 aliphatic rings. The molecule has 0 aliphatic heterocycles. The van der Waals surface area contributed by atoms with Gasteiger partial charge in [-0.15, -0.1) is 0 Å². The number of aromatic nitrogens is 1. The summed E-state index contributed by atoms with van der Waals surface area (Å²) in [5, 5.41) is 0.147. The fourth-order valence-corrected chi connectivity index (χ4v) is 2.19. The number of hydrazine groups is 1. The lowest BCUT2D eigenvalue weighted by Crippen LogP contribution is -2.29. The zero-order valence-electron chi connectivity index (χ0n) is 10.5. The van der Waals surface area contributed by atoms with Crippen LogP contribution in [0.25, 0.3) is 0 Å². The lowest BCUT2D eigenvalue weighted by atomic mass is 9.99. The Morgan fingerprint density at radius 1 is 1.42 bits per heavy atom. The lowest BCUT2D eigenvalue weighted by molar-refractivity contribution is 0.548. The number of hydrogen-bond acceptors (Lipinski definition) is 3. The molecule has 0 amide bonds. The summed E-state index contributed by atoms with van der Waals surface area (Å²) in [4.78, 5) is 4.14. The number of nitrogens with two attached hydrogens (primary N) is 1. The minimum absolute atomic E-state index is 0.138. The van der Waals surface area contributed by atoms with Crippen molar-refractivity contribution in [2.24, 2.45) is 5.84 Å². The van der Waals surface area contributed by atoms with Gasteiger partial charge in [-0.1, -0.05) is 23.7 Å². The zero-order valence-corrected chi connectivity index (χ0v) is 11.3. The van der Waals surface area contributed by atoms with E-state index in [9.17, 15) is 4.39 Å². The minimum Gasteiger partial charge on any atom is -0.271 e. The van der Waals surface area contributed by atoms with Crippen LogP contribution in [0.2, 0.25) is 5.02 Å². The van der Waals surface area contributed by atoms with Gasteiger partial charge in [0.25, 0.3) is 0 Å². The maximum Gasteiger partial charge on any atom is 0.142 e. The summed E-state index contributed by atoms with van der Waals surface area (Å²) < 4.78 is 13.4. The van der Waals surface area contributed by atoms with Crippen molar-refractivity contribution in [1.82, 2.24) is 10.4 Å². The molecule has 1 atom stereocenters. The molecule has 3 nitrogen and oxygen atoms in total. The topological polar surface area (TPSA) is 50.9 Å². The Hall–Kier alpha value is -1.49. The fourth-order valence-electron chi connectivity index (χ4n) is 1.98. The SMILES string of the molecule is Cc1cc(C(Cc2cccc(F)c2Cl)NN)ccn1. The number of pyridine rings is 1. The summed E-state index contributed by atoms with van der Waals surface area (Å²) in [6, 6.07) is 8.46. The molecular weight excluding hydrogens is 265 g/mol. The quantitative estimate of drug-likeness (QED) is 0.668. The van der Waals surface area contributed by atoms with Crippen LogP contribution in [0.4, 0.5) is 4.39 Å². The third kappa shape index (κ3) is 3.29. The Morgan fingerprint density at radius 2 is 2.21 bits per heavy atom. The minimum atomic E-state index is -0.416. The molecule has 100 valence electrons. The zero-order chi connectivity index (χ0) is 13.8. The van der Waals surface area contributed by atoms with Gasteiger partial charge in [-0.05, 0) is 42.7 Å². The van der Waals surface area contributed by atoms with Crippen LogP contribution in [-0.4, -0.2) is 4.98 Å². The molecular formula is C14H15ClFN3. The average molecular weight is 280 g/mol. The van der Waals surface area contributed by atoms with E-state index in [-0.39, 0.29) is 11.1 Å². The van der Waals surface area contributed by atoms with Crippen molar-refractivity contribution in [3.63, 3.8) is 0 Å². The summed E-state index contributed by atoms with van der Waals surface area (Å²) in [5.74, 6) is 5.17. The van der Waals surface area contributed by atoms with Crippen molar-refractivity contribution in [2.75, 3.05) is 0 Å². The molecule has 2 aromatic rings. The standard InChI is InChI=1S/C14H15ClFN3/c1-9-7-10(5-6-18-9)13(19-17)8-11-3-2-4-12(16)14(11)15/h2-7,13,19H,8,17H2,1H3. The van der Waals surface area contributed by atoms with E-state index in [4.69, 9.17) is 17.4 Å². The smallest absolute Gasteiger partial charge is 0.142 e. The molecule has 3 N–H and O–H groups in total. The van der Waals surface area contributed by atoms with Gasteiger partial charge in [0.05, 0.1) is 11.1 Å². The number of benzene rings is 1. The van der Waals surface area contributed by atoms with Crippen molar-refractivity contribution in [3.05, 3.63) is 64.2 Å². The molecule has 0 fully saturated rings. The molecule has 0 saturated heterocycles. The van der Waals surface area contributed by atoms with E-state index < -0.39 is 5.82 Å². The molecule has 1 heterocycles. The van der Waals surface area contributed by atoms with E-state index in [1.165, 1.54) is 6.07 Å². The Balaban J connectivity index is 2.26. The highest BCUT2D eigenvalue weighted by Crippen LogP contribution is 2.25. The molecule has 1 unspecified atom stereocenters. The van der Waals surface area contributed by atoms with Gasteiger partial charge in [-0.2, -0.15) is 0 Å². The molecule has 0 radical (unpaired) electrons. The predicted octanol–water partition coefficient (Wildman–Crippen LogP) is 2.93. The molecule has 5 heteroatoms. The van der Waals surface area contributed by atoms with Crippen LogP contribution >= 0.6 is 11.6 Å². The molecule has 19 heavy (non-hydrogen) atoms. The molecule has 0 spiro atoms. The second-order valence-electron chi connectivity index (χ2n) is 4.37. The molecule has 0 saturated carbocycles. The number of rotatable bonds is 4. The maximum atomic E-state index is 13.4. The number of halogens is 2. The molecule has 0 aliphatic carbocycles. The van der Waals surface area contributed by atoms with E-state index in [2.05, 4.69) is 10.4 Å². The Kier molecular flexibility index (Phi) is 4.47. The summed E-state index contributed by atoms with van der Waals surface area (Å²) in [5.41, 5.74) is 5.35. The molecule has 1 aromatic carbocycles. The highest BCUT2D eigenvalue weighted by atomic mass is 35.5. The van der Waals surface area contributed by atoms with Crippen LogP contribution in [0.1, 0.15) is 22.9 Å². The van der Waals surface area contributed by atoms with E-state index >= 15 is 0 Å². The van der Waals surface area contributed by atoms with E-state index in [0.29, 0.717) is 6.42 Å². The Bertz CT molecular complexity index is 574. The number of nitrogens with one attached hydrogen (secondary N) is 1. The van der Waals surface area contributed by atoms with E-state index in [1.807, 2.05) is 19.1 Å². The highest BCUT2D eigenvalue weighted by Gasteiger charge is 2.14. The summed E-state index contributed by atoms with van der Waals surface area (Å²) in [6.45, 7) is 1.91. The summed E-state index contributed by atoms with van der Waals surface area (Å²) >= 11 is 5.96. The van der Waals surface area contributed by atoms with E-state index in [1.54, 1.807) is 18.3 Å². The average Bonchev–Trinajstić information content (AvgIpc) is 2.40. The maximum absolute atomic E-state index is 13.4. The van der Waals surface area contributed by atoms with Crippen LogP contribution in [0.15, 0.2) is 36.5 Å². The van der Waals surface area contributed by atoms with Crippen molar-refractivity contribution >= 4 is 11.6 Å². The molecule has 2 rings (SSSR count). The third-order valence-corrected chi connectivity index (χ3v) is 3.40. The fraction of sp³-hybridized carbons (Fsp3) is 0.214. The number of aryl methyl sites for hydroxylation is 1. The number of hydrogen-bond donors (Lipinski definition) is 2. The van der Waals surface area contributed by atoms with Gasteiger partial charge >= 0.3 is 0 Å². The first-order valence-electron chi connectivity index (χ1n) is 5.93. The molecule has 1 aromatic heterocycles. The third-order valence-electron chi connectivity index (χ3n) is 2.98. The van der Waals surface area contributed by atoms with Gasteiger partial charge in [-0.25, -0.2) is 4.39 Å². The van der Waals surface area contributed by atoms with Gasteiger partial charge < -0.3 is 0 Å². The Morgan fingerprint density at radius 3 is 2.89 bits per heavy atom. The first-order chi connectivity index (χ1) is 9.11. The van der Waals surface area contributed by atoms with Crippen molar-refractivity contribution in [1.29, 1.82) is 0 Å². The highest BCUT2D eigenvalue weighted by molar-refractivity contribution is 6.31. The van der Waals surface area contributed by atoms with Gasteiger partial charge in [0, 0.05) is 11.9 Å². The normalized spacial score (nSPS) is 12.4. The van der Waals surface area contributed by atoms with Crippen LogP contribution in [0, 0.1) is 12.7 Å². The number of nitrogens with zero attached hydrogens (tertiary/aromatic N) is 1. The van der Waals surface area contributed by atoms with Crippen molar-refractivity contribution in [2.45, 2.75) is 19.4 Å². The summed E-state index contributed by atoms with van der Waals surface area (Å²) in [6.07, 6.45) is 2.23. The van der Waals surface area contributed by atoms with Crippen molar-refractivity contribution < 1.29 is 4.39 Å². The first kappa shape index (κ1) is 13.9. The molecule has 0 bridgehead atoms. The summed E-state index contributed by atoms with van der Waals surface area (Å²) in [7, 11) is 0. The second-order valence-corrected chi connectivity index (χ2v) is 4.74. The first-order valence-corrected chi connectivity index (χ1v) is 6.31. The van der Waals surface area contributed by atoms with Crippen LogP contribution in [0.3, 0.4) is 0 Å². The van der Waals surface area contributed by atoms with Crippen LogP contribution < -0.4 is 11.3 Å². The van der Waals surface area contributed by atoms with E-state index in [0.717, 1.165) is 16.8 Å². The van der Waals surface area contributed by atoms with Crippen LogP contribution in [-0.2, 0) is 6.42 Å². The van der Waals surface area contributed by atoms with Gasteiger partial charge in [0.15, 0.2) is 0 Å². The largest absolute Gasteiger partial charge is 0.271 e. The Labute approximate surface area is 116 Å². The lowest BCUT2D eigenvalue weighted by Gasteiger charge is -2.17. The van der Waals surface area contributed by atoms with Crippen LogP contribution in [0.5, 0.6) is 0 Å². The monoisotopic (exact) mass is 279 g/mol.